The van der Waals surface area contributed by atoms with Crippen molar-refractivity contribution in [2.24, 2.45) is 0 Å². The zero-order valence-corrected chi connectivity index (χ0v) is 18.4. The molecule has 0 bridgehead atoms. The first-order valence-electron chi connectivity index (χ1n) is 8.94. The second-order valence-electron chi connectivity index (χ2n) is 5.95. The monoisotopic (exact) mass is 491 g/mol. The average molecular weight is 492 g/mol. The lowest BCUT2D eigenvalue weighted by atomic mass is 10.1. The summed E-state index contributed by atoms with van der Waals surface area (Å²) in [5, 5.41) is 3.12. The lowest BCUT2D eigenvalue weighted by Crippen LogP contribution is -2.20. The Morgan fingerprint density at radius 2 is 1.59 bits per heavy atom. The number of rotatable bonds is 9. The van der Waals surface area contributed by atoms with Gasteiger partial charge in [-0.25, -0.2) is 0 Å². The molecule has 0 fully saturated rings. The van der Waals surface area contributed by atoms with E-state index in [1.54, 1.807) is 38.1 Å². The van der Waals surface area contributed by atoms with Crippen LogP contribution in [0.25, 0.3) is 6.08 Å². The van der Waals surface area contributed by atoms with E-state index in [1.807, 2.05) is 12.1 Å². The molecule has 0 aliphatic carbocycles. The highest BCUT2D eigenvalue weighted by Crippen LogP contribution is 2.53. The minimum Gasteiger partial charge on any atom is -0.368 e. The van der Waals surface area contributed by atoms with E-state index >= 15 is 0 Å². The summed E-state index contributed by atoms with van der Waals surface area (Å²) >= 11 is 3.36. The molecule has 1 N–H and O–H groups in total. The normalized spacial score (nSPS) is 13.6. The highest BCUT2D eigenvalue weighted by Gasteiger charge is 2.34. The van der Waals surface area contributed by atoms with Gasteiger partial charge in [0.05, 0.1) is 18.8 Å². The zero-order chi connectivity index (χ0) is 21.5. The summed E-state index contributed by atoms with van der Waals surface area (Å²) in [4.78, 5) is 0. The van der Waals surface area contributed by atoms with Crippen LogP contribution in [-0.2, 0) is 19.8 Å². The van der Waals surface area contributed by atoms with Crippen molar-refractivity contribution < 1.29 is 26.8 Å². The Balaban J connectivity index is 2.31. The summed E-state index contributed by atoms with van der Waals surface area (Å²) in [5.41, 5.74) is 0.489. The average Bonchev–Trinajstić information content (AvgIpc) is 2.66. The third kappa shape index (κ3) is 7.00. The minimum absolute atomic E-state index is 0.184. The summed E-state index contributed by atoms with van der Waals surface area (Å²) in [6, 6.07) is 11.9. The van der Waals surface area contributed by atoms with Crippen LogP contribution in [0.15, 0.2) is 59.1 Å². The van der Waals surface area contributed by atoms with Crippen LogP contribution < -0.4 is 5.32 Å². The van der Waals surface area contributed by atoms with Gasteiger partial charge in [0.15, 0.2) is 0 Å². The Labute approximate surface area is 176 Å². The number of hydrogen-bond acceptors (Lipinski definition) is 4. The Morgan fingerprint density at radius 3 is 2.07 bits per heavy atom. The van der Waals surface area contributed by atoms with Gasteiger partial charge >= 0.3 is 13.8 Å². The molecular weight excluding hydrogens is 470 g/mol. The fourth-order valence-corrected chi connectivity index (χ4v) is 4.48. The van der Waals surface area contributed by atoms with Gasteiger partial charge in [-0.3, -0.25) is 4.57 Å². The van der Waals surface area contributed by atoms with E-state index in [0.717, 1.165) is 16.6 Å². The van der Waals surface area contributed by atoms with E-state index in [0.29, 0.717) is 11.3 Å². The molecule has 0 spiro atoms. The van der Waals surface area contributed by atoms with Gasteiger partial charge in [0.2, 0.25) is 0 Å². The molecule has 0 aliphatic heterocycles. The van der Waals surface area contributed by atoms with Crippen LogP contribution in [0.5, 0.6) is 0 Å². The Morgan fingerprint density at radius 1 is 1.03 bits per heavy atom. The molecule has 0 aliphatic rings. The number of hydrogen-bond donors (Lipinski definition) is 1. The van der Waals surface area contributed by atoms with Crippen molar-refractivity contribution in [3.63, 3.8) is 0 Å². The number of anilines is 1. The van der Waals surface area contributed by atoms with Gasteiger partial charge in [-0.15, -0.1) is 0 Å². The van der Waals surface area contributed by atoms with E-state index in [2.05, 4.69) is 21.2 Å². The largest absolute Gasteiger partial charge is 0.416 e. The molecule has 0 aromatic heterocycles. The van der Waals surface area contributed by atoms with Crippen molar-refractivity contribution in [3.8, 4) is 0 Å². The number of nitrogens with one attached hydrogen (secondary N) is 1. The van der Waals surface area contributed by atoms with Gasteiger partial charge in [-0.2, -0.15) is 13.2 Å². The number of alkyl halides is 3. The third-order valence-corrected chi connectivity index (χ3v) is 6.57. The predicted molar refractivity (Wildman–Crippen MR) is 113 cm³/mol. The van der Waals surface area contributed by atoms with Crippen LogP contribution in [0.1, 0.15) is 25.0 Å². The molecule has 2 rings (SSSR count). The van der Waals surface area contributed by atoms with Crippen LogP contribution in [0.4, 0.5) is 18.9 Å². The lowest BCUT2D eigenvalue weighted by Gasteiger charge is -2.25. The Hall–Kier alpha value is -1.60. The topological polar surface area (TPSA) is 47.6 Å². The molecule has 0 amide bonds. The van der Waals surface area contributed by atoms with Gasteiger partial charge in [0.25, 0.3) is 0 Å². The van der Waals surface area contributed by atoms with Crippen molar-refractivity contribution >= 4 is 35.3 Å². The molecule has 0 radical (unpaired) electrons. The Bertz CT molecular complexity index is 845. The zero-order valence-electron chi connectivity index (χ0n) is 15.9. The summed E-state index contributed by atoms with van der Waals surface area (Å²) in [6.07, 6.45) is -1.23. The molecular formula is C20H22BrF3NO3P. The Kier molecular flexibility index (Phi) is 8.52. The maximum atomic E-state index is 13.3. The fraction of sp³-hybridized carbons (Fsp3) is 0.300. The van der Waals surface area contributed by atoms with Gasteiger partial charge in [0.1, 0.15) is 5.78 Å². The molecule has 158 valence electrons. The van der Waals surface area contributed by atoms with E-state index in [1.165, 1.54) is 12.1 Å². The van der Waals surface area contributed by atoms with Crippen molar-refractivity contribution in [2.45, 2.75) is 25.8 Å². The van der Waals surface area contributed by atoms with Crippen molar-refractivity contribution in [2.75, 3.05) is 18.5 Å². The minimum atomic E-state index is -4.40. The number of benzene rings is 2. The van der Waals surface area contributed by atoms with E-state index < -0.39 is 25.1 Å². The summed E-state index contributed by atoms with van der Waals surface area (Å²) in [7, 11) is -3.57. The standard InChI is InChI=1S/C20H22BrF3NO3P/c1-3-27-29(26,28-4-2)19(25-18-12-10-17(21)11-13-18)14-7-15-5-8-16(9-6-15)20(22,23)24/h5-14,19,25H,3-4H2,1-2H3/b14-7+. The van der Waals surface area contributed by atoms with Crippen molar-refractivity contribution in [1.82, 2.24) is 0 Å². The molecule has 1 atom stereocenters. The molecule has 0 heterocycles. The van der Waals surface area contributed by atoms with E-state index in [-0.39, 0.29) is 13.2 Å². The van der Waals surface area contributed by atoms with Crippen molar-refractivity contribution in [1.29, 1.82) is 0 Å². The first-order chi connectivity index (χ1) is 13.7. The molecule has 29 heavy (non-hydrogen) atoms. The van der Waals surface area contributed by atoms with Gasteiger partial charge in [-0.05, 0) is 61.9 Å². The molecule has 2 aromatic rings. The third-order valence-electron chi connectivity index (χ3n) is 3.83. The first kappa shape index (κ1) is 23.7. The molecule has 1 unspecified atom stereocenters. The molecule has 4 nitrogen and oxygen atoms in total. The van der Waals surface area contributed by atoms with Gasteiger partial charge in [0, 0.05) is 10.2 Å². The molecule has 9 heteroatoms. The predicted octanol–water partition coefficient (Wildman–Crippen LogP) is 7.19. The van der Waals surface area contributed by atoms with Crippen LogP contribution in [0, 0.1) is 0 Å². The summed E-state index contributed by atoms with van der Waals surface area (Å²) in [5.74, 6) is -0.828. The van der Waals surface area contributed by atoms with E-state index in [4.69, 9.17) is 9.05 Å². The van der Waals surface area contributed by atoms with Crippen LogP contribution in [0.3, 0.4) is 0 Å². The number of halogens is 4. The van der Waals surface area contributed by atoms with Gasteiger partial charge in [-0.1, -0.05) is 34.1 Å². The SMILES string of the molecule is CCOP(=O)(OCC)C(/C=C/c1ccc(C(F)(F)F)cc1)Nc1ccc(Br)cc1. The molecule has 0 saturated carbocycles. The fourth-order valence-electron chi connectivity index (χ4n) is 2.49. The van der Waals surface area contributed by atoms with Crippen molar-refractivity contribution in [3.05, 3.63) is 70.2 Å². The molecule has 2 aromatic carbocycles. The maximum absolute atomic E-state index is 13.3. The van der Waals surface area contributed by atoms with Crippen LogP contribution in [0.2, 0.25) is 0 Å². The molecule has 0 saturated heterocycles. The highest BCUT2D eigenvalue weighted by atomic mass is 79.9. The maximum Gasteiger partial charge on any atom is 0.416 e. The summed E-state index contributed by atoms with van der Waals surface area (Å²) in [6.45, 7) is 3.79. The van der Waals surface area contributed by atoms with Gasteiger partial charge < -0.3 is 14.4 Å². The van der Waals surface area contributed by atoms with E-state index in [9.17, 15) is 17.7 Å². The summed E-state index contributed by atoms with van der Waals surface area (Å²) < 4.78 is 63.2. The van der Waals surface area contributed by atoms with Crippen LogP contribution in [-0.4, -0.2) is 19.0 Å². The second-order valence-corrected chi connectivity index (χ2v) is 9.02. The van der Waals surface area contributed by atoms with Crippen LogP contribution >= 0.6 is 23.5 Å². The highest BCUT2D eigenvalue weighted by molar-refractivity contribution is 9.10. The first-order valence-corrected chi connectivity index (χ1v) is 11.3. The lowest BCUT2D eigenvalue weighted by molar-refractivity contribution is -0.137. The second kappa shape index (κ2) is 10.4. The smallest absolute Gasteiger partial charge is 0.368 e. The quantitative estimate of drug-likeness (QED) is 0.377.